The summed E-state index contributed by atoms with van der Waals surface area (Å²) in [5.74, 6) is 3.60. The first-order valence-corrected chi connectivity index (χ1v) is 3.93. The van der Waals surface area contributed by atoms with Crippen molar-refractivity contribution in [2.75, 3.05) is 6.61 Å². The highest BCUT2D eigenvalue weighted by molar-refractivity contribution is 4.99. The molecule has 0 aliphatic heterocycles. The Labute approximate surface area is 56.1 Å². The van der Waals surface area contributed by atoms with E-state index >= 15 is 0 Å². The molecule has 0 bridgehead atoms. The second kappa shape index (κ2) is 1.72. The van der Waals surface area contributed by atoms with Crippen molar-refractivity contribution < 1.29 is 5.11 Å². The van der Waals surface area contributed by atoms with Crippen LogP contribution in [0.5, 0.6) is 0 Å². The summed E-state index contributed by atoms with van der Waals surface area (Å²) in [6.07, 6.45) is 2.74. The fourth-order valence-electron chi connectivity index (χ4n) is 1.95. The maximum Gasteiger partial charge on any atom is 0.0462 e. The smallest absolute Gasteiger partial charge is 0.0462 e. The zero-order chi connectivity index (χ0) is 6.43. The monoisotopic (exact) mass is 126 g/mol. The minimum Gasteiger partial charge on any atom is -0.396 e. The first-order valence-electron chi connectivity index (χ1n) is 3.93. The van der Waals surface area contributed by atoms with Crippen molar-refractivity contribution >= 4 is 0 Å². The van der Waals surface area contributed by atoms with Crippen LogP contribution in [0.4, 0.5) is 0 Å². The van der Waals surface area contributed by atoms with E-state index in [4.69, 9.17) is 5.11 Å². The molecule has 0 saturated heterocycles. The minimum absolute atomic E-state index is 0.438. The van der Waals surface area contributed by atoms with Gasteiger partial charge >= 0.3 is 0 Å². The SMILES string of the molecule is C[C@H]1C[C@@H]1[C@@H]1C[C@H]1CO. The highest BCUT2D eigenvalue weighted by Crippen LogP contribution is 2.57. The van der Waals surface area contributed by atoms with Crippen LogP contribution in [0.3, 0.4) is 0 Å². The zero-order valence-corrected chi connectivity index (χ0v) is 5.88. The molecular formula is C8H14O. The van der Waals surface area contributed by atoms with Gasteiger partial charge in [-0.15, -0.1) is 0 Å². The van der Waals surface area contributed by atoms with Crippen LogP contribution in [0.25, 0.3) is 0 Å². The zero-order valence-electron chi connectivity index (χ0n) is 5.88. The molecule has 0 spiro atoms. The summed E-state index contributed by atoms with van der Waals surface area (Å²) in [5.41, 5.74) is 0. The molecule has 2 rings (SSSR count). The van der Waals surface area contributed by atoms with Gasteiger partial charge in [-0.25, -0.2) is 0 Å². The summed E-state index contributed by atoms with van der Waals surface area (Å²) in [7, 11) is 0. The average Bonchev–Trinajstić information content (AvgIpc) is 2.61. The molecule has 4 atom stereocenters. The molecule has 0 heterocycles. The van der Waals surface area contributed by atoms with Crippen molar-refractivity contribution in [3.8, 4) is 0 Å². The molecule has 2 aliphatic carbocycles. The van der Waals surface area contributed by atoms with Crippen LogP contribution >= 0.6 is 0 Å². The Morgan fingerprint density at radius 3 is 2.33 bits per heavy atom. The molecule has 0 unspecified atom stereocenters. The molecule has 1 nitrogen and oxygen atoms in total. The standard InChI is InChI=1S/C8H14O/c1-5-2-7(5)8-3-6(8)4-9/h5-9H,2-4H2,1H3/t5-,6-,7-,8+/m0/s1. The molecule has 52 valence electrons. The molecule has 2 aliphatic rings. The van der Waals surface area contributed by atoms with Crippen LogP contribution in [0, 0.1) is 23.7 Å². The predicted octanol–water partition coefficient (Wildman–Crippen LogP) is 1.27. The third-order valence-electron chi connectivity index (χ3n) is 2.93. The molecule has 2 fully saturated rings. The van der Waals surface area contributed by atoms with Gasteiger partial charge in [-0.2, -0.15) is 0 Å². The first kappa shape index (κ1) is 5.72. The Morgan fingerprint density at radius 2 is 2.00 bits per heavy atom. The summed E-state index contributed by atoms with van der Waals surface area (Å²) in [4.78, 5) is 0. The lowest BCUT2D eigenvalue weighted by Gasteiger charge is -1.90. The van der Waals surface area contributed by atoms with Gasteiger partial charge in [-0.3, -0.25) is 0 Å². The van der Waals surface area contributed by atoms with E-state index in [1.807, 2.05) is 0 Å². The maximum absolute atomic E-state index is 8.74. The Morgan fingerprint density at radius 1 is 1.33 bits per heavy atom. The van der Waals surface area contributed by atoms with Gasteiger partial charge in [0.05, 0.1) is 0 Å². The lowest BCUT2D eigenvalue weighted by Crippen LogP contribution is -1.90. The number of hydrogen-bond donors (Lipinski definition) is 1. The highest BCUT2D eigenvalue weighted by Gasteiger charge is 2.50. The van der Waals surface area contributed by atoms with E-state index < -0.39 is 0 Å². The Balaban J connectivity index is 1.79. The van der Waals surface area contributed by atoms with Crippen molar-refractivity contribution in [1.82, 2.24) is 0 Å². The molecule has 0 aromatic rings. The third kappa shape index (κ3) is 0.877. The quantitative estimate of drug-likeness (QED) is 0.590. The largest absolute Gasteiger partial charge is 0.396 e. The number of hydrogen-bond acceptors (Lipinski definition) is 1. The van der Waals surface area contributed by atoms with Gasteiger partial charge in [0.2, 0.25) is 0 Å². The van der Waals surface area contributed by atoms with Crippen LogP contribution in [0.1, 0.15) is 19.8 Å². The van der Waals surface area contributed by atoms with Gasteiger partial charge in [-0.1, -0.05) is 6.92 Å². The normalized spacial score (nSPS) is 55.3. The Bertz CT molecular complexity index is 122. The minimum atomic E-state index is 0.438. The molecule has 0 radical (unpaired) electrons. The van der Waals surface area contributed by atoms with Gasteiger partial charge in [0, 0.05) is 6.61 Å². The van der Waals surface area contributed by atoms with Crippen molar-refractivity contribution in [2.45, 2.75) is 19.8 Å². The van der Waals surface area contributed by atoms with E-state index in [0.717, 1.165) is 17.8 Å². The van der Waals surface area contributed by atoms with Gasteiger partial charge in [0.1, 0.15) is 0 Å². The van der Waals surface area contributed by atoms with E-state index in [-0.39, 0.29) is 0 Å². The highest BCUT2D eigenvalue weighted by atomic mass is 16.3. The summed E-state index contributed by atoms with van der Waals surface area (Å²) in [5, 5.41) is 8.74. The number of aliphatic hydroxyl groups excluding tert-OH is 1. The molecule has 0 amide bonds. The summed E-state index contributed by atoms with van der Waals surface area (Å²) < 4.78 is 0. The van der Waals surface area contributed by atoms with Crippen LogP contribution in [0.15, 0.2) is 0 Å². The Hall–Kier alpha value is -0.0400. The van der Waals surface area contributed by atoms with Crippen molar-refractivity contribution in [2.24, 2.45) is 23.7 Å². The molecule has 1 N–H and O–H groups in total. The van der Waals surface area contributed by atoms with Gasteiger partial charge in [-0.05, 0) is 36.5 Å². The lowest BCUT2D eigenvalue weighted by molar-refractivity contribution is 0.265. The van der Waals surface area contributed by atoms with Gasteiger partial charge in [0.25, 0.3) is 0 Å². The second-order valence-corrected chi connectivity index (χ2v) is 3.72. The topological polar surface area (TPSA) is 20.2 Å². The molecule has 1 heteroatoms. The first-order chi connectivity index (χ1) is 4.33. The van der Waals surface area contributed by atoms with Crippen molar-refractivity contribution in [3.63, 3.8) is 0 Å². The maximum atomic E-state index is 8.74. The van der Waals surface area contributed by atoms with Crippen LogP contribution in [-0.2, 0) is 0 Å². The number of aliphatic hydroxyl groups is 1. The molecule has 0 aromatic heterocycles. The van der Waals surface area contributed by atoms with Crippen molar-refractivity contribution in [1.29, 1.82) is 0 Å². The molecule has 0 aromatic carbocycles. The average molecular weight is 126 g/mol. The van der Waals surface area contributed by atoms with E-state index in [9.17, 15) is 0 Å². The fourth-order valence-corrected chi connectivity index (χ4v) is 1.95. The van der Waals surface area contributed by atoms with E-state index in [0.29, 0.717) is 12.5 Å². The Kier molecular flexibility index (Phi) is 1.10. The summed E-state index contributed by atoms with van der Waals surface area (Å²) >= 11 is 0. The van der Waals surface area contributed by atoms with Crippen molar-refractivity contribution in [3.05, 3.63) is 0 Å². The summed E-state index contributed by atoms with van der Waals surface area (Å²) in [6, 6.07) is 0. The molecular weight excluding hydrogens is 112 g/mol. The molecule has 9 heavy (non-hydrogen) atoms. The third-order valence-corrected chi connectivity index (χ3v) is 2.93. The van der Waals surface area contributed by atoms with Crippen LogP contribution in [0.2, 0.25) is 0 Å². The summed E-state index contributed by atoms with van der Waals surface area (Å²) in [6.45, 7) is 2.76. The van der Waals surface area contributed by atoms with E-state index in [2.05, 4.69) is 6.92 Å². The lowest BCUT2D eigenvalue weighted by atomic mass is 10.2. The van der Waals surface area contributed by atoms with E-state index in [1.165, 1.54) is 12.8 Å². The van der Waals surface area contributed by atoms with E-state index in [1.54, 1.807) is 0 Å². The van der Waals surface area contributed by atoms with Crippen LogP contribution in [-0.4, -0.2) is 11.7 Å². The number of rotatable bonds is 2. The molecule has 2 saturated carbocycles. The van der Waals surface area contributed by atoms with Crippen LogP contribution < -0.4 is 0 Å². The predicted molar refractivity (Wildman–Crippen MR) is 36.0 cm³/mol. The van der Waals surface area contributed by atoms with Gasteiger partial charge < -0.3 is 5.11 Å². The fraction of sp³-hybridized carbons (Fsp3) is 1.00. The second-order valence-electron chi connectivity index (χ2n) is 3.72. The van der Waals surface area contributed by atoms with Gasteiger partial charge in [0.15, 0.2) is 0 Å².